The van der Waals surface area contributed by atoms with Crippen molar-refractivity contribution < 1.29 is 24.3 Å². The molecule has 2 aromatic rings. The highest BCUT2D eigenvalue weighted by Crippen LogP contribution is 2.34. The monoisotopic (exact) mass is 413 g/mol. The van der Waals surface area contributed by atoms with Gasteiger partial charge in [-0.15, -0.1) is 0 Å². The number of hydrogen-bond donors (Lipinski definition) is 2. The van der Waals surface area contributed by atoms with E-state index in [1.807, 2.05) is 13.0 Å². The third-order valence-corrected chi connectivity index (χ3v) is 5.47. The van der Waals surface area contributed by atoms with Crippen molar-refractivity contribution in [2.75, 3.05) is 11.4 Å². The molecule has 1 saturated heterocycles. The fourth-order valence-corrected chi connectivity index (χ4v) is 4.07. The number of amides is 3. The van der Waals surface area contributed by atoms with E-state index in [1.54, 1.807) is 30.3 Å². The first-order valence-electron chi connectivity index (χ1n) is 8.72. The minimum absolute atomic E-state index is 0.0550. The van der Waals surface area contributed by atoms with Crippen molar-refractivity contribution in [3.05, 3.63) is 65.2 Å². The summed E-state index contributed by atoms with van der Waals surface area (Å²) in [7, 11) is 0. The summed E-state index contributed by atoms with van der Waals surface area (Å²) >= 11 is 0.802. The van der Waals surface area contributed by atoms with Gasteiger partial charge in [0.05, 0.1) is 18.7 Å². The molecule has 0 unspecified atom stereocenters. The maximum Gasteiger partial charge on any atom is 0.335 e. The fraction of sp³-hybridized carbons (Fsp3) is 0.200. The number of carbonyl (C=O) groups excluding carboxylic acids is 3. The Bertz CT molecular complexity index is 994. The Hall–Kier alpha value is -3.33. The first-order valence-corrected chi connectivity index (χ1v) is 9.60. The van der Waals surface area contributed by atoms with Gasteiger partial charge in [-0.25, -0.2) is 4.79 Å². The number of benzene rings is 2. The molecule has 0 saturated carbocycles. The van der Waals surface area contributed by atoms with Crippen LogP contribution in [0.3, 0.4) is 0 Å². The normalized spacial score (nSPS) is 16.2. The number of rotatable bonds is 7. The second-order valence-corrected chi connectivity index (χ2v) is 7.63. The number of nitrogens with two attached hydrogens (primary N) is 1. The number of aryl methyl sites for hydroxylation is 1. The van der Waals surface area contributed by atoms with Crippen LogP contribution in [0, 0.1) is 6.92 Å². The highest BCUT2D eigenvalue weighted by atomic mass is 32.2. The number of anilines is 1. The minimum Gasteiger partial charge on any atom is -0.478 e. The molecule has 150 valence electrons. The second kappa shape index (κ2) is 8.36. The molecule has 1 fully saturated rings. The third kappa shape index (κ3) is 4.57. The minimum atomic E-state index is -1.09. The largest absolute Gasteiger partial charge is 0.478 e. The molecule has 8 nitrogen and oxygen atoms in total. The number of carbonyl (C=O) groups is 4. The van der Waals surface area contributed by atoms with Crippen LogP contribution >= 0.6 is 11.8 Å². The topological polar surface area (TPSA) is 121 Å². The lowest BCUT2D eigenvalue weighted by molar-refractivity contribution is -0.127. The van der Waals surface area contributed by atoms with E-state index in [0.717, 1.165) is 22.2 Å². The van der Waals surface area contributed by atoms with Crippen molar-refractivity contribution in [2.45, 2.75) is 18.8 Å². The third-order valence-electron chi connectivity index (χ3n) is 4.37. The first-order chi connectivity index (χ1) is 13.8. The van der Waals surface area contributed by atoms with Crippen LogP contribution in [-0.2, 0) is 16.1 Å². The molecule has 3 rings (SSSR count). The van der Waals surface area contributed by atoms with E-state index in [9.17, 15) is 19.2 Å². The van der Waals surface area contributed by atoms with Gasteiger partial charge in [-0.3, -0.25) is 19.3 Å². The summed E-state index contributed by atoms with van der Waals surface area (Å²) < 4.78 is 0. The van der Waals surface area contributed by atoms with Gasteiger partial charge in [0.25, 0.3) is 11.1 Å². The molecule has 3 amide bonds. The molecule has 1 aliphatic rings. The Morgan fingerprint density at radius 1 is 1.17 bits per heavy atom. The van der Waals surface area contributed by atoms with Crippen LogP contribution in [0.25, 0.3) is 0 Å². The van der Waals surface area contributed by atoms with Gasteiger partial charge >= 0.3 is 5.97 Å². The molecule has 3 N–H and O–H groups in total. The first kappa shape index (κ1) is 20.4. The van der Waals surface area contributed by atoms with Crippen molar-refractivity contribution in [1.82, 2.24) is 4.90 Å². The number of nitrogens with zero attached hydrogens (tertiary/aromatic N) is 2. The Morgan fingerprint density at radius 2 is 1.90 bits per heavy atom. The fourth-order valence-electron chi connectivity index (χ4n) is 3.04. The molecule has 1 aliphatic heterocycles. The average molecular weight is 413 g/mol. The van der Waals surface area contributed by atoms with Crippen LogP contribution in [0.4, 0.5) is 10.5 Å². The molecule has 29 heavy (non-hydrogen) atoms. The van der Waals surface area contributed by atoms with Crippen LogP contribution in [0.15, 0.2) is 48.5 Å². The van der Waals surface area contributed by atoms with Crippen LogP contribution in [0.1, 0.15) is 21.5 Å². The Balaban J connectivity index is 1.86. The Labute approximate surface area is 171 Å². The molecule has 1 heterocycles. The van der Waals surface area contributed by atoms with Crippen molar-refractivity contribution in [1.29, 1.82) is 0 Å². The molecule has 0 spiro atoms. The Morgan fingerprint density at radius 3 is 2.55 bits per heavy atom. The predicted molar refractivity (Wildman–Crippen MR) is 108 cm³/mol. The summed E-state index contributed by atoms with van der Waals surface area (Å²) in [5, 5.41) is 7.72. The smallest absolute Gasteiger partial charge is 0.335 e. The zero-order chi connectivity index (χ0) is 21.1. The molecular formula is C20H19N3O5S. The maximum atomic E-state index is 13.0. The molecule has 0 radical (unpaired) electrons. The highest BCUT2D eigenvalue weighted by molar-refractivity contribution is 8.15. The maximum absolute atomic E-state index is 13.0. The quantitative estimate of drug-likeness (QED) is 0.714. The Kier molecular flexibility index (Phi) is 5.88. The van der Waals surface area contributed by atoms with Crippen molar-refractivity contribution in [3.63, 3.8) is 0 Å². The summed E-state index contributed by atoms with van der Waals surface area (Å²) in [6.07, 6.45) is 0. The second-order valence-electron chi connectivity index (χ2n) is 6.60. The van der Waals surface area contributed by atoms with E-state index in [-0.39, 0.29) is 18.7 Å². The van der Waals surface area contributed by atoms with E-state index in [0.29, 0.717) is 11.3 Å². The molecule has 1 atom stereocenters. The lowest BCUT2D eigenvalue weighted by Crippen LogP contribution is -2.45. The van der Waals surface area contributed by atoms with E-state index in [2.05, 4.69) is 0 Å². The van der Waals surface area contributed by atoms with Gasteiger partial charge in [0, 0.05) is 5.69 Å². The van der Waals surface area contributed by atoms with E-state index >= 15 is 0 Å². The standard InChI is InChI=1S/C20H19N3O5S/c1-12-4-2-7-15(8-12)22(11-16(21)24)18-17(25)23(20(28)29-18)10-13-5-3-6-14(9-13)19(26)27/h2-9,18H,10-11H2,1H3,(H2,21,24)(H,26,27)/t18-/m1/s1. The number of carboxylic acid groups (broad SMARTS) is 1. The van der Waals surface area contributed by atoms with E-state index in [1.165, 1.54) is 17.0 Å². The van der Waals surface area contributed by atoms with Gasteiger partial charge < -0.3 is 15.7 Å². The van der Waals surface area contributed by atoms with Gasteiger partial charge in [-0.2, -0.15) is 0 Å². The number of primary amides is 1. The van der Waals surface area contributed by atoms with Gasteiger partial charge in [0.2, 0.25) is 5.91 Å². The number of imide groups is 1. The summed E-state index contributed by atoms with van der Waals surface area (Å²) in [6, 6.07) is 13.3. The van der Waals surface area contributed by atoms with Crippen molar-refractivity contribution >= 4 is 40.5 Å². The summed E-state index contributed by atoms with van der Waals surface area (Å²) in [6.45, 7) is 1.60. The molecule has 2 aromatic carbocycles. The molecule has 0 aliphatic carbocycles. The number of hydrogen-bond acceptors (Lipinski definition) is 6. The SMILES string of the molecule is Cc1cccc(N(CC(N)=O)[C@@H]2SC(=O)N(Cc3cccc(C(=O)O)c3)C2=O)c1. The molecule has 0 aromatic heterocycles. The van der Waals surface area contributed by atoms with Gasteiger partial charge in [-0.05, 0) is 54.1 Å². The lowest BCUT2D eigenvalue weighted by atomic mass is 10.1. The summed E-state index contributed by atoms with van der Waals surface area (Å²) in [4.78, 5) is 50.8. The van der Waals surface area contributed by atoms with Gasteiger partial charge in [-0.1, -0.05) is 24.3 Å². The molecular weight excluding hydrogens is 394 g/mol. The zero-order valence-electron chi connectivity index (χ0n) is 15.6. The molecule has 0 bridgehead atoms. The van der Waals surface area contributed by atoms with Crippen LogP contribution in [0.2, 0.25) is 0 Å². The van der Waals surface area contributed by atoms with Crippen molar-refractivity contribution in [3.8, 4) is 0 Å². The van der Waals surface area contributed by atoms with Gasteiger partial charge in [0.1, 0.15) is 0 Å². The summed E-state index contributed by atoms with van der Waals surface area (Å²) in [5.41, 5.74) is 7.49. The number of thioether (sulfide) groups is 1. The van der Waals surface area contributed by atoms with Crippen LogP contribution in [-0.4, -0.2) is 44.9 Å². The predicted octanol–water partition coefficient (Wildman–Crippen LogP) is 2.21. The van der Waals surface area contributed by atoms with Crippen LogP contribution in [0.5, 0.6) is 0 Å². The zero-order valence-corrected chi connectivity index (χ0v) is 16.4. The van der Waals surface area contributed by atoms with Crippen LogP contribution < -0.4 is 10.6 Å². The van der Waals surface area contributed by atoms with E-state index in [4.69, 9.17) is 10.8 Å². The van der Waals surface area contributed by atoms with E-state index < -0.39 is 28.4 Å². The number of aromatic carboxylic acids is 1. The lowest BCUT2D eigenvalue weighted by Gasteiger charge is -2.27. The highest BCUT2D eigenvalue weighted by Gasteiger charge is 2.43. The van der Waals surface area contributed by atoms with Crippen molar-refractivity contribution in [2.24, 2.45) is 5.73 Å². The van der Waals surface area contributed by atoms with Gasteiger partial charge in [0.15, 0.2) is 5.37 Å². The molecule has 9 heteroatoms. The summed E-state index contributed by atoms with van der Waals surface area (Å²) in [5.74, 6) is -2.20. The average Bonchev–Trinajstić information content (AvgIpc) is 2.94. The number of carboxylic acids is 1.